The number of ether oxygens (including phenoxy) is 2. The van der Waals surface area contributed by atoms with Crippen molar-refractivity contribution in [3.05, 3.63) is 48.0 Å². The number of benzene rings is 2. The summed E-state index contributed by atoms with van der Waals surface area (Å²) in [4.78, 5) is 12.1. The highest BCUT2D eigenvalue weighted by molar-refractivity contribution is 7.99. The molecule has 4 rings (SSSR count). The van der Waals surface area contributed by atoms with Crippen LogP contribution in [-0.2, 0) is 4.79 Å². The van der Waals surface area contributed by atoms with Crippen LogP contribution in [0.4, 0.5) is 14.5 Å². The van der Waals surface area contributed by atoms with Crippen LogP contribution >= 0.6 is 11.8 Å². The fourth-order valence-electron chi connectivity index (χ4n) is 2.51. The average Bonchev–Trinajstić information content (AvgIpc) is 3.22. The standard InChI is InChI=1S/C18H13F2N3O4S/c1-10-3-2-4-11(7-10)16-22-23-17(25-16)28-9-15(24)21-12-5-6-13-14(8-12)27-18(19,20)26-13/h2-8H,9H2,1H3,(H,21,24). The summed E-state index contributed by atoms with van der Waals surface area (Å²) in [6.07, 6.45) is -3.70. The number of anilines is 1. The van der Waals surface area contributed by atoms with E-state index < -0.39 is 6.29 Å². The number of hydrogen-bond donors (Lipinski definition) is 1. The van der Waals surface area contributed by atoms with Crippen molar-refractivity contribution in [3.8, 4) is 23.0 Å². The van der Waals surface area contributed by atoms with Gasteiger partial charge in [-0.2, -0.15) is 0 Å². The molecule has 0 fully saturated rings. The van der Waals surface area contributed by atoms with E-state index in [-0.39, 0.29) is 28.4 Å². The van der Waals surface area contributed by atoms with Gasteiger partial charge in [0.1, 0.15) is 0 Å². The van der Waals surface area contributed by atoms with E-state index in [0.29, 0.717) is 11.6 Å². The minimum atomic E-state index is -3.70. The highest BCUT2D eigenvalue weighted by atomic mass is 32.2. The molecule has 0 saturated heterocycles. The van der Waals surface area contributed by atoms with Gasteiger partial charge in [0.05, 0.1) is 5.75 Å². The summed E-state index contributed by atoms with van der Waals surface area (Å²) >= 11 is 1.06. The van der Waals surface area contributed by atoms with E-state index >= 15 is 0 Å². The van der Waals surface area contributed by atoms with Gasteiger partial charge in [0.15, 0.2) is 11.5 Å². The summed E-state index contributed by atoms with van der Waals surface area (Å²) < 4.78 is 40.3. The van der Waals surface area contributed by atoms with Gasteiger partial charge in [-0.3, -0.25) is 4.79 Å². The Morgan fingerprint density at radius 3 is 2.79 bits per heavy atom. The lowest BCUT2D eigenvalue weighted by molar-refractivity contribution is -0.286. The van der Waals surface area contributed by atoms with Crippen molar-refractivity contribution in [3.63, 3.8) is 0 Å². The van der Waals surface area contributed by atoms with E-state index in [2.05, 4.69) is 25.0 Å². The smallest absolute Gasteiger partial charge is 0.411 e. The van der Waals surface area contributed by atoms with Gasteiger partial charge in [0, 0.05) is 17.3 Å². The van der Waals surface area contributed by atoms with E-state index in [4.69, 9.17) is 4.42 Å². The number of aromatic nitrogens is 2. The van der Waals surface area contributed by atoms with Gasteiger partial charge in [-0.25, -0.2) is 0 Å². The summed E-state index contributed by atoms with van der Waals surface area (Å²) in [5.41, 5.74) is 2.16. The lowest BCUT2D eigenvalue weighted by Gasteiger charge is -2.05. The molecule has 144 valence electrons. The van der Waals surface area contributed by atoms with Gasteiger partial charge in [0.2, 0.25) is 11.8 Å². The number of nitrogens with zero attached hydrogens (tertiary/aromatic N) is 2. The Hall–Kier alpha value is -3.14. The molecule has 10 heteroatoms. The second-order valence-corrected chi connectivity index (χ2v) is 6.84. The van der Waals surface area contributed by atoms with Crippen molar-refractivity contribution >= 4 is 23.4 Å². The first-order chi connectivity index (χ1) is 13.4. The summed E-state index contributed by atoms with van der Waals surface area (Å²) in [6.45, 7) is 1.96. The number of thioether (sulfide) groups is 1. The van der Waals surface area contributed by atoms with Gasteiger partial charge in [0.25, 0.3) is 5.22 Å². The fraction of sp³-hybridized carbons (Fsp3) is 0.167. The first kappa shape index (κ1) is 18.2. The van der Waals surface area contributed by atoms with E-state index in [1.807, 2.05) is 31.2 Å². The molecule has 0 atom stereocenters. The Morgan fingerprint density at radius 1 is 1.14 bits per heavy atom. The molecule has 1 aromatic heterocycles. The molecule has 0 radical (unpaired) electrons. The lowest BCUT2D eigenvalue weighted by atomic mass is 10.1. The number of carbonyl (C=O) groups excluding carboxylic acids is 1. The molecule has 7 nitrogen and oxygen atoms in total. The van der Waals surface area contributed by atoms with Gasteiger partial charge in [-0.1, -0.05) is 29.5 Å². The molecule has 28 heavy (non-hydrogen) atoms. The largest absolute Gasteiger partial charge is 0.586 e. The molecule has 1 amide bonds. The molecule has 3 aromatic rings. The summed E-state index contributed by atoms with van der Waals surface area (Å²) in [5, 5.41) is 10.7. The Morgan fingerprint density at radius 2 is 1.96 bits per heavy atom. The van der Waals surface area contributed by atoms with Crippen LogP contribution in [0.5, 0.6) is 11.5 Å². The second-order valence-electron chi connectivity index (χ2n) is 5.91. The van der Waals surface area contributed by atoms with Crippen molar-refractivity contribution < 1.29 is 27.5 Å². The number of fused-ring (bicyclic) bond motifs is 1. The van der Waals surface area contributed by atoms with Gasteiger partial charge >= 0.3 is 6.29 Å². The monoisotopic (exact) mass is 405 g/mol. The number of rotatable bonds is 5. The van der Waals surface area contributed by atoms with E-state index in [1.54, 1.807) is 0 Å². The fourth-order valence-corrected chi connectivity index (χ4v) is 3.08. The van der Waals surface area contributed by atoms with Crippen molar-refractivity contribution in [1.29, 1.82) is 0 Å². The topological polar surface area (TPSA) is 86.5 Å². The normalized spacial score (nSPS) is 14.1. The number of amides is 1. The molecule has 0 saturated carbocycles. The first-order valence-electron chi connectivity index (χ1n) is 8.11. The predicted molar refractivity (Wildman–Crippen MR) is 96.5 cm³/mol. The predicted octanol–water partition coefficient (Wildman–Crippen LogP) is 4.10. The van der Waals surface area contributed by atoms with Crippen molar-refractivity contribution in [2.24, 2.45) is 0 Å². The summed E-state index contributed by atoms with van der Waals surface area (Å²) in [5.74, 6) is -0.239. The SMILES string of the molecule is Cc1cccc(-c2nnc(SCC(=O)Nc3ccc4c(c3)OC(F)(F)O4)o2)c1. The first-order valence-corrected chi connectivity index (χ1v) is 9.10. The number of alkyl halides is 2. The Kier molecular flexibility index (Phi) is 4.63. The van der Waals surface area contributed by atoms with E-state index in [9.17, 15) is 13.6 Å². The second kappa shape index (κ2) is 7.12. The van der Waals surface area contributed by atoms with Crippen LogP contribution < -0.4 is 14.8 Å². The highest BCUT2D eigenvalue weighted by Gasteiger charge is 2.43. The average molecular weight is 405 g/mol. The molecule has 0 bridgehead atoms. The van der Waals surface area contributed by atoms with Crippen LogP contribution in [0.25, 0.3) is 11.5 Å². The maximum atomic E-state index is 13.0. The van der Waals surface area contributed by atoms with Gasteiger partial charge in [-0.05, 0) is 31.2 Å². The van der Waals surface area contributed by atoms with Gasteiger partial charge in [-0.15, -0.1) is 19.0 Å². The minimum absolute atomic E-state index is 0.0000520. The lowest BCUT2D eigenvalue weighted by Crippen LogP contribution is -2.25. The third-order valence-electron chi connectivity index (χ3n) is 3.68. The third kappa shape index (κ3) is 4.06. The maximum Gasteiger partial charge on any atom is 0.586 e. The highest BCUT2D eigenvalue weighted by Crippen LogP contribution is 2.42. The Balaban J connectivity index is 1.34. The van der Waals surface area contributed by atoms with E-state index in [1.165, 1.54) is 18.2 Å². The molecule has 1 aliphatic heterocycles. The Bertz CT molecular complexity index is 1040. The molecular weight excluding hydrogens is 392 g/mol. The van der Waals surface area contributed by atoms with Crippen molar-refractivity contribution in [2.45, 2.75) is 18.4 Å². The molecule has 0 spiro atoms. The molecule has 0 aliphatic carbocycles. The van der Waals surface area contributed by atoms with Gasteiger partial charge < -0.3 is 19.2 Å². The summed E-state index contributed by atoms with van der Waals surface area (Å²) in [7, 11) is 0. The quantitative estimate of drug-likeness (QED) is 0.640. The molecular formula is C18H13F2N3O4S. The van der Waals surface area contributed by atoms with Crippen LogP contribution in [0.1, 0.15) is 5.56 Å². The van der Waals surface area contributed by atoms with Crippen molar-refractivity contribution in [2.75, 3.05) is 11.1 Å². The Labute approximate surface area is 162 Å². The van der Waals surface area contributed by atoms with Crippen LogP contribution in [0, 0.1) is 6.92 Å². The molecule has 0 unspecified atom stereocenters. The molecule has 1 N–H and O–H groups in total. The number of hydrogen-bond acceptors (Lipinski definition) is 7. The van der Waals surface area contributed by atoms with Crippen LogP contribution in [0.3, 0.4) is 0 Å². The van der Waals surface area contributed by atoms with E-state index in [0.717, 1.165) is 22.9 Å². The molecule has 1 aliphatic rings. The number of nitrogens with one attached hydrogen (secondary N) is 1. The number of aryl methyl sites for hydroxylation is 1. The summed E-state index contributed by atoms with van der Waals surface area (Å²) in [6, 6.07) is 11.6. The zero-order valence-corrected chi connectivity index (χ0v) is 15.3. The number of carbonyl (C=O) groups is 1. The van der Waals surface area contributed by atoms with Crippen molar-refractivity contribution in [1.82, 2.24) is 10.2 Å². The zero-order valence-electron chi connectivity index (χ0n) is 14.4. The molecule has 2 heterocycles. The number of halogens is 2. The van der Waals surface area contributed by atoms with Crippen LogP contribution in [0.15, 0.2) is 52.1 Å². The molecule has 2 aromatic carbocycles. The van der Waals surface area contributed by atoms with Crippen LogP contribution in [0.2, 0.25) is 0 Å². The minimum Gasteiger partial charge on any atom is -0.411 e. The van der Waals surface area contributed by atoms with Crippen LogP contribution in [-0.4, -0.2) is 28.2 Å². The zero-order chi connectivity index (χ0) is 19.7. The third-order valence-corrected chi connectivity index (χ3v) is 4.50. The maximum absolute atomic E-state index is 13.0.